The number of rotatable bonds is 6. The summed E-state index contributed by atoms with van der Waals surface area (Å²) in [6.45, 7) is 4.51. The third-order valence-electron chi connectivity index (χ3n) is 3.28. The Bertz CT molecular complexity index is 505. The van der Waals surface area contributed by atoms with Crippen LogP contribution in [0.5, 0.6) is 0 Å². The minimum Gasteiger partial charge on any atom is -0.383 e. The van der Waals surface area contributed by atoms with Crippen LogP contribution in [0.2, 0.25) is 0 Å². The van der Waals surface area contributed by atoms with Gasteiger partial charge in [0.05, 0.1) is 6.20 Å². The molecular formula is C14H21N3OS. The van der Waals surface area contributed by atoms with E-state index in [0.717, 1.165) is 16.9 Å². The van der Waals surface area contributed by atoms with Crippen LogP contribution >= 0.6 is 11.3 Å². The zero-order chi connectivity index (χ0) is 13.9. The molecule has 0 fully saturated rings. The lowest BCUT2D eigenvalue weighted by Crippen LogP contribution is -2.36. The fraction of sp³-hybridized carbons (Fsp3) is 0.500. The number of aliphatic hydroxyl groups is 1. The van der Waals surface area contributed by atoms with E-state index in [4.69, 9.17) is 0 Å². The van der Waals surface area contributed by atoms with Crippen LogP contribution in [0.4, 0.5) is 0 Å². The predicted molar refractivity (Wildman–Crippen MR) is 78.1 cm³/mol. The van der Waals surface area contributed by atoms with E-state index in [-0.39, 0.29) is 6.04 Å². The van der Waals surface area contributed by atoms with E-state index in [1.165, 1.54) is 0 Å². The van der Waals surface area contributed by atoms with Crippen LogP contribution in [0.15, 0.2) is 29.9 Å². The highest BCUT2D eigenvalue weighted by atomic mass is 32.1. The summed E-state index contributed by atoms with van der Waals surface area (Å²) < 4.78 is 1.80. The van der Waals surface area contributed by atoms with Gasteiger partial charge in [0.2, 0.25) is 0 Å². The first kappa shape index (κ1) is 14.2. The molecule has 2 atom stereocenters. The Morgan fingerprint density at radius 3 is 2.89 bits per heavy atom. The average Bonchev–Trinajstić information content (AvgIpc) is 3.01. The normalized spacial score (nSPS) is 16.2. The molecular weight excluding hydrogens is 258 g/mol. The fourth-order valence-electron chi connectivity index (χ4n) is 2.11. The standard InChI is InChI=1S/C14H21N3OS/c1-4-12(11-8-16-17(3)9-11)15-10-14(2,18)13-6-5-7-19-13/h5-9,12,15,18H,4,10H2,1-3H3. The molecule has 0 aliphatic heterocycles. The lowest BCUT2D eigenvalue weighted by atomic mass is 10.0. The first-order valence-corrected chi connectivity index (χ1v) is 7.39. The zero-order valence-corrected chi connectivity index (χ0v) is 12.4. The van der Waals surface area contributed by atoms with Crippen molar-refractivity contribution in [2.24, 2.45) is 7.05 Å². The highest BCUT2D eigenvalue weighted by Crippen LogP contribution is 2.26. The van der Waals surface area contributed by atoms with Crippen molar-refractivity contribution in [3.05, 3.63) is 40.3 Å². The van der Waals surface area contributed by atoms with E-state index in [1.54, 1.807) is 16.0 Å². The van der Waals surface area contributed by atoms with Gasteiger partial charge in [-0.25, -0.2) is 0 Å². The molecule has 2 N–H and O–H groups in total. The van der Waals surface area contributed by atoms with Crippen molar-refractivity contribution in [3.8, 4) is 0 Å². The van der Waals surface area contributed by atoms with Gasteiger partial charge < -0.3 is 10.4 Å². The molecule has 0 amide bonds. The second kappa shape index (κ2) is 5.86. The second-order valence-electron chi connectivity index (χ2n) is 5.04. The first-order chi connectivity index (χ1) is 9.03. The Labute approximate surface area is 118 Å². The van der Waals surface area contributed by atoms with Gasteiger partial charge in [-0.15, -0.1) is 11.3 Å². The highest BCUT2D eigenvalue weighted by molar-refractivity contribution is 7.10. The molecule has 2 heterocycles. The number of nitrogens with zero attached hydrogens (tertiary/aromatic N) is 2. The summed E-state index contributed by atoms with van der Waals surface area (Å²) in [6.07, 6.45) is 4.86. The number of aryl methyl sites for hydroxylation is 1. The Balaban J connectivity index is 2.00. The topological polar surface area (TPSA) is 50.1 Å². The van der Waals surface area contributed by atoms with Crippen molar-refractivity contribution in [1.82, 2.24) is 15.1 Å². The van der Waals surface area contributed by atoms with Gasteiger partial charge in [0.1, 0.15) is 5.60 Å². The second-order valence-corrected chi connectivity index (χ2v) is 5.99. The Kier molecular flexibility index (Phi) is 4.39. The van der Waals surface area contributed by atoms with E-state index in [1.807, 2.05) is 43.9 Å². The van der Waals surface area contributed by atoms with E-state index in [2.05, 4.69) is 17.3 Å². The summed E-state index contributed by atoms with van der Waals surface area (Å²) in [6, 6.07) is 4.16. The van der Waals surface area contributed by atoms with Gasteiger partial charge in [0, 0.05) is 36.3 Å². The molecule has 0 spiro atoms. The molecule has 0 aliphatic carbocycles. The van der Waals surface area contributed by atoms with E-state index >= 15 is 0 Å². The molecule has 2 aromatic rings. The molecule has 104 valence electrons. The van der Waals surface area contributed by atoms with Gasteiger partial charge in [-0.3, -0.25) is 4.68 Å². The molecule has 0 aromatic carbocycles. The van der Waals surface area contributed by atoms with Crippen molar-refractivity contribution in [2.45, 2.75) is 31.9 Å². The summed E-state index contributed by atoms with van der Waals surface area (Å²) >= 11 is 1.58. The van der Waals surface area contributed by atoms with Gasteiger partial charge in [-0.2, -0.15) is 5.10 Å². The van der Waals surface area contributed by atoms with E-state index in [0.29, 0.717) is 6.54 Å². The maximum absolute atomic E-state index is 10.5. The summed E-state index contributed by atoms with van der Waals surface area (Å²) in [5, 5.41) is 20.1. The van der Waals surface area contributed by atoms with Gasteiger partial charge in [0.15, 0.2) is 0 Å². The average molecular weight is 279 g/mol. The smallest absolute Gasteiger partial charge is 0.108 e. The zero-order valence-electron chi connectivity index (χ0n) is 11.6. The largest absolute Gasteiger partial charge is 0.383 e. The SMILES string of the molecule is CCC(NCC(C)(O)c1cccs1)c1cnn(C)c1. The van der Waals surface area contributed by atoms with Crippen LogP contribution < -0.4 is 5.32 Å². The molecule has 0 bridgehead atoms. The van der Waals surface area contributed by atoms with Crippen LogP contribution in [0.3, 0.4) is 0 Å². The molecule has 2 aromatic heterocycles. The molecule has 5 heteroatoms. The summed E-state index contributed by atoms with van der Waals surface area (Å²) in [5.74, 6) is 0. The number of thiophene rings is 1. The van der Waals surface area contributed by atoms with Crippen LogP contribution in [-0.2, 0) is 12.6 Å². The third kappa shape index (κ3) is 3.43. The molecule has 0 saturated carbocycles. The number of aromatic nitrogens is 2. The molecule has 2 rings (SSSR count). The third-order valence-corrected chi connectivity index (χ3v) is 4.40. The number of hydrogen-bond acceptors (Lipinski definition) is 4. The van der Waals surface area contributed by atoms with E-state index in [9.17, 15) is 5.11 Å². The Hall–Kier alpha value is -1.17. The van der Waals surface area contributed by atoms with Crippen molar-refractivity contribution >= 4 is 11.3 Å². The Morgan fingerprint density at radius 2 is 2.37 bits per heavy atom. The van der Waals surface area contributed by atoms with Gasteiger partial charge in [0.25, 0.3) is 0 Å². The lowest BCUT2D eigenvalue weighted by molar-refractivity contribution is 0.0573. The van der Waals surface area contributed by atoms with Crippen molar-refractivity contribution in [1.29, 1.82) is 0 Å². The molecule has 0 saturated heterocycles. The molecule has 19 heavy (non-hydrogen) atoms. The monoisotopic (exact) mass is 279 g/mol. The summed E-state index contributed by atoms with van der Waals surface area (Å²) in [7, 11) is 1.91. The van der Waals surface area contributed by atoms with Crippen molar-refractivity contribution < 1.29 is 5.11 Å². The Morgan fingerprint density at radius 1 is 1.58 bits per heavy atom. The maximum Gasteiger partial charge on any atom is 0.108 e. The van der Waals surface area contributed by atoms with Gasteiger partial charge in [-0.05, 0) is 24.8 Å². The van der Waals surface area contributed by atoms with Crippen LogP contribution in [0, 0.1) is 0 Å². The first-order valence-electron chi connectivity index (χ1n) is 6.51. The van der Waals surface area contributed by atoms with E-state index < -0.39 is 5.60 Å². The minimum absolute atomic E-state index is 0.222. The van der Waals surface area contributed by atoms with Crippen molar-refractivity contribution in [3.63, 3.8) is 0 Å². The molecule has 2 unspecified atom stereocenters. The predicted octanol–water partition coefficient (Wildman–Crippen LogP) is 2.43. The quantitative estimate of drug-likeness (QED) is 0.854. The molecule has 4 nitrogen and oxygen atoms in total. The lowest BCUT2D eigenvalue weighted by Gasteiger charge is -2.25. The number of hydrogen-bond donors (Lipinski definition) is 2. The fourth-order valence-corrected chi connectivity index (χ4v) is 2.90. The highest BCUT2D eigenvalue weighted by Gasteiger charge is 2.25. The van der Waals surface area contributed by atoms with Crippen molar-refractivity contribution in [2.75, 3.05) is 6.54 Å². The van der Waals surface area contributed by atoms with Gasteiger partial charge >= 0.3 is 0 Å². The van der Waals surface area contributed by atoms with Crippen LogP contribution in [-0.4, -0.2) is 21.4 Å². The van der Waals surface area contributed by atoms with Crippen LogP contribution in [0.1, 0.15) is 36.8 Å². The van der Waals surface area contributed by atoms with Crippen LogP contribution in [0.25, 0.3) is 0 Å². The summed E-state index contributed by atoms with van der Waals surface area (Å²) in [4.78, 5) is 0.987. The number of nitrogens with one attached hydrogen (secondary N) is 1. The maximum atomic E-state index is 10.5. The minimum atomic E-state index is -0.830. The molecule has 0 radical (unpaired) electrons. The van der Waals surface area contributed by atoms with Gasteiger partial charge in [-0.1, -0.05) is 13.0 Å². The molecule has 0 aliphatic rings. The summed E-state index contributed by atoms with van der Waals surface area (Å²) in [5.41, 5.74) is 0.330.